The van der Waals surface area contributed by atoms with Gasteiger partial charge in [-0.1, -0.05) is 29.8 Å². The molecule has 1 aromatic carbocycles. The van der Waals surface area contributed by atoms with Crippen LogP contribution in [0.15, 0.2) is 39.7 Å². The molecule has 0 radical (unpaired) electrons. The fraction of sp³-hybridized carbons (Fsp3) is 0.231. The topological polar surface area (TPSA) is 57.8 Å². The summed E-state index contributed by atoms with van der Waals surface area (Å²) in [5.74, 6) is 0. The SMILES string of the molecule is Cc1ccc(C(C)Nc2cn[nH]c(=O)c2Br)cc1. The summed E-state index contributed by atoms with van der Waals surface area (Å²) in [4.78, 5) is 11.4. The number of hydrogen-bond donors (Lipinski definition) is 2. The Bertz CT molecular complexity index is 592. The van der Waals surface area contributed by atoms with E-state index < -0.39 is 0 Å². The zero-order valence-electron chi connectivity index (χ0n) is 10.2. The van der Waals surface area contributed by atoms with Gasteiger partial charge >= 0.3 is 0 Å². The summed E-state index contributed by atoms with van der Waals surface area (Å²) in [6.07, 6.45) is 1.59. The van der Waals surface area contributed by atoms with Gasteiger partial charge in [0.2, 0.25) is 0 Å². The van der Waals surface area contributed by atoms with Gasteiger partial charge in [-0.3, -0.25) is 4.79 Å². The van der Waals surface area contributed by atoms with Crippen LogP contribution in [0, 0.1) is 6.92 Å². The molecular formula is C13H14BrN3O. The van der Waals surface area contributed by atoms with Crippen LogP contribution in [0.3, 0.4) is 0 Å². The average molecular weight is 308 g/mol. The third-order valence-electron chi connectivity index (χ3n) is 2.74. The van der Waals surface area contributed by atoms with Crippen molar-refractivity contribution in [2.45, 2.75) is 19.9 Å². The van der Waals surface area contributed by atoms with Crippen molar-refractivity contribution in [3.05, 3.63) is 56.4 Å². The number of nitrogens with zero attached hydrogens (tertiary/aromatic N) is 1. The molecule has 4 nitrogen and oxygen atoms in total. The zero-order valence-corrected chi connectivity index (χ0v) is 11.8. The number of aromatic nitrogens is 2. The smallest absolute Gasteiger partial charge is 0.280 e. The zero-order chi connectivity index (χ0) is 13.1. The quantitative estimate of drug-likeness (QED) is 0.916. The number of benzene rings is 1. The standard InChI is InChI=1S/C13H14BrN3O/c1-8-3-5-10(6-4-8)9(2)16-11-7-15-17-13(18)12(11)14/h3-7,9H,1-2H3,(H2,16,17,18). The van der Waals surface area contributed by atoms with Gasteiger partial charge in [-0.2, -0.15) is 5.10 Å². The molecular weight excluding hydrogens is 294 g/mol. The molecule has 1 heterocycles. The predicted octanol–water partition coefficient (Wildman–Crippen LogP) is 3.01. The number of halogens is 1. The Kier molecular flexibility index (Phi) is 3.81. The Hall–Kier alpha value is -1.62. The highest BCUT2D eigenvalue weighted by Gasteiger charge is 2.09. The maximum absolute atomic E-state index is 11.4. The first kappa shape index (κ1) is 12.8. The van der Waals surface area contributed by atoms with E-state index in [4.69, 9.17) is 0 Å². The molecule has 94 valence electrons. The lowest BCUT2D eigenvalue weighted by atomic mass is 10.1. The number of nitrogens with one attached hydrogen (secondary N) is 2. The first-order valence-electron chi connectivity index (χ1n) is 5.64. The van der Waals surface area contributed by atoms with E-state index in [0.717, 1.165) is 5.56 Å². The lowest BCUT2D eigenvalue weighted by Crippen LogP contribution is -2.14. The summed E-state index contributed by atoms with van der Waals surface area (Å²) < 4.78 is 0.469. The second-order valence-corrected chi connectivity index (χ2v) is 5.00. The molecule has 0 aliphatic carbocycles. The van der Waals surface area contributed by atoms with Gasteiger partial charge < -0.3 is 5.32 Å². The summed E-state index contributed by atoms with van der Waals surface area (Å²) in [6.45, 7) is 4.09. The van der Waals surface area contributed by atoms with Gasteiger partial charge in [-0.25, -0.2) is 5.10 Å². The van der Waals surface area contributed by atoms with Crippen LogP contribution in [0.5, 0.6) is 0 Å². The van der Waals surface area contributed by atoms with Gasteiger partial charge in [0.15, 0.2) is 0 Å². The average Bonchev–Trinajstić information content (AvgIpc) is 2.36. The molecule has 0 aliphatic rings. The van der Waals surface area contributed by atoms with Crippen molar-refractivity contribution in [3.63, 3.8) is 0 Å². The molecule has 0 aliphatic heterocycles. The van der Waals surface area contributed by atoms with E-state index in [1.807, 2.05) is 6.92 Å². The van der Waals surface area contributed by atoms with Crippen LogP contribution >= 0.6 is 15.9 Å². The normalized spacial score (nSPS) is 12.2. The second-order valence-electron chi connectivity index (χ2n) is 4.20. The van der Waals surface area contributed by atoms with Gasteiger partial charge in [0, 0.05) is 6.04 Å². The summed E-state index contributed by atoms with van der Waals surface area (Å²) in [5, 5.41) is 9.40. The van der Waals surface area contributed by atoms with E-state index in [-0.39, 0.29) is 11.6 Å². The monoisotopic (exact) mass is 307 g/mol. The Morgan fingerprint density at radius 2 is 2.00 bits per heavy atom. The first-order valence-corrected chi connectivity index (χ1v) is 6.43. The third-order valence-corrected chi connectivity index (χ3v) is 3.53. The third kappa shape index (κ3) is 2.79. The lowest BCUT2D eigenvalue weighted by Gasteiger charge is -2.16. The minimum atomic E-state index is -0.240. The van der Waals surface area contributed by atoms with Crippen LogP contribution in [0.1, 0.15) is 24.1 Å². The summed E-state index contributed by atoms with van der Waals surface area (Å²) in [7, 11) is 0. The molecule has 0 bridgehead atoms. The fourth-order valence-corrected chi connectivity index (χ4v) is 1.96. The highest BCUT2D eigenvalue weighted by Crippen LogP contribution is 2.22. The number of H-pyrrole nitrogens is 1. The highest BCUT2D eigenvalue weighted by molar-refractivity contribution is 9.10. The van der Waals surface area contributed by atoms with Gasteiger partial charge in [0.05, 0.1) is 11.9 Å². The number of hydrogen-bond acceptors (Lipinski definition) is 3. The molecule has 0 spiro atoms. The molecule has 0 saturated heterocycles. The van der Waals surface area contributed by atoms with Crippen molar-refractivity contribution in [3.8, 4) is 0 Å². The summed E-state index contributed by atoms with van der Waals surface area (Å²) in [5.41, 5.74) is 2.83. The molecule has 2 aromatic rings. The molecule has 2 rings (SSSR count). The molecule has 2 N–H and O–H groups in total. The molecule has 1 aromatic heterocycles. The van der Waals surface area contributed by atoms with Crippen LogP contribution < -0.4 is 10.9 Å². The van der Waals surface area contributed by atoms with Gasteiger partial charge in [0.25, 0.3) is 5.56 Å². The largest absolute Gasteiger partial charge is 0.376 e. The minimum Gasteiger partial charge on any atom is -0.376 e. The summed E-state index contributed by atoms with van der Waals surface area (Å²) in [6, 6.07) is 8.38. The van der Waals surface area contributed by atoms with E-state index >= 15 is 0 Å². The fourth-order valence-electron chi connectivity index (χ4n) is 1.66. The molecule has 0 fully saturated rings. The Morgan fingerprint density at radius 1 is 1.33 bits per heavy atom. The number of rotatable bonds is 3. The maximum atomic E-state index is 11.4. The van der Waals surface area contributed by atoms with E-state index in [2.05, 4.69) is 62.6 Å². The summed E-state index contributed by atoms with van der Waals surface area (Å²) >= 11 is 3.25. The Labute approximate surface area is 114 Å². The van der Waals surface area contributed by atoms with Crippen molar-refractivity contribution < 1.29 is 0 Å². The van der Waals surface area contributed by atoms with E-state index in [1.54, 1.807) is 6.20 Å². The van der Waals surface area contributed by atoms with E-state index in [1.165, 1.54) is 5.56 Å². The van der Waals surface area contributed by atoms with Crippen LogP contribution in [-0.4, -0.2) is 10.2 Å². The van der Waals surface area contributed by atoms with Crippen LogP contribution in [0.2, 0.25) is 0 Å². The number of aromatic amines is 1. The van der Waals surface area contributed by atoms with Gasteiger partial charge in [-0.15, -0.1) is 0 Å². The number of anilines is 1. The molecule has 18 heavy (non-hydrogen) atoms. The van der Waals surface area contributed by atoms with Crippen molar-refractivity contribution in [1.29, 1.82) is 0 Å². The van der Waals surface area contributed by atoms with Crippen LogP contribution in [0.25, 0.3) is 0 Å². The molecule has 5 heteroatoms. The first-order chi connectivity index (χ1) is 8.58. The van der Waals surface area contributed by atoms with Crippen molar-refractivity contribution in [2.24, 2.45) is 0 Å². The predicted molar refractivity (Wildman–Crippen MR) is 75.8 cm³/mol. The molecule has 1 atom stereocenters. The molecule has 1 unspecified atom stereocenters. The maximum Gasteiger partial charge on any atom is 0.280 e. The van der Waals surface area contributed by atoms with Gasteiger partial charge in [-0.05, 0) is 35.3 Å². The van der Waals surface area contributed by atoms with Crippen LogP contribution in [-0.2, 0) is 0 Å². The van der Waals surface area contributed by atoms with Gasteiger partial charge in [0.1, 0.15) is 4.47 Å². The highest BCUT2D eigenvalue weighted by atomic mass is 79.9. The molecule has 0 amide bonds. The lowest BCUT2D eigenvalue weighted by molar-refractivity contribution is 0.871. The van der Waals surface area contributed by atoms with E-state index in [0.29, 0.717) is 10.2 Å². The minimum absolute atomic E-state index is 0.102. The van der Waals surface area contributed by atoms with Crippen molar-refractivity contribution in [2.75, 3.05) is 5.32 Å². The Morgan fingerprint density at radius 3 is 2.67 bits per heavy atom. The van der Waals surface area contributed by atoms with Crippen molar-refractivity contribution >= 4 is 21.6 Å². The Balaban J connectivity index is 2.21. The molecule has 0 saturated carbocycles. The van der Waals surface area contributed by atoms with Crippen LogP contribution in [0.4, 0.5) is 5.69 Å². The van der Waals surface area contributed by atoms with E-state index in [9.17, 15) is 4.79 Å². The second kappa shape index (κ2) is 5.35. The number of aryl methyl sites for hydroxylation is 1. The van der Waals surface area contributed by atoms with Crippen molar-refractivity contribution in [1.82, 2.24) is 10.2 Å².